The molecule has 0 saturated carbocycles. The van der Waals surface area contributed by atoms with Gasteiger partial charge in [-0.05, 0) is 18.3 Å². The van der Waals surface area contributed by atoms with E-state index < -0.39 is 4.92 Å². The smallest absolute Gasteiger partial charge is 0.270 e. The molecule has 2 N–H and O–H groups in total. The zero-order valence-corrected chi connectivity index (χ0v) is 10.4. The minimum absolute atomic E-state index is 0.0940. The first-order valence-corrected chi connectivity index (χ1v) is 5.86. The number of nitro benzene ring substituents is 1. The first-order chi connectivity index (χ1) is 8.56. The van der Waals surface area contributed by atoms with Crippen LogP contribution < -0.4 is 0 Å². The highest BCUT2D eigenvalue weighted by Gasteiger charge is 2.08. The van der Waals surface area contributed by atoms with Crippen molar-refractivity contribution in [2.75, 3.05) is 0 Å². The van der Waals surface area contributed by atoms with Gasteiger partial charge < -0.3 is 5.11 Å². The van der Waals surface area contributed by atoms with Gasteiger partial charge >= 0.3 is 0 Å². The maximum Gasteiger partial charge on any atom is 0.270 e. The van der Waals surface area contributed by atoms with E-state index in [9.17, 15) is 15.2 Å². The number of phenols is 1. The number of rotatable bonds is 3. The van der Waals surface area contributed by atoms with Crippen molar-refractivity contribution in [2.24, 2.45) is 4.99 Å². The number of aliphatic imine (C=N–C) groups is 1. The van der Waals surface area contributed by atoms with Crippen molar-refractivity contribution in [3.63, 3.8) is 0 Å². The van der Waals surface area contributed by atoms with Crippen LogP contribution in [-0.4, -0.2) is 26.4 Å². The molecule has 0 aliphatic rings. The molecule has 1 aromatic carbocycles. The summed E-state index contributed by atoms with van der Waals surface area (Å²) >= 11 is 5.99. The highest BCUT2D eigenvalue weighted by molar-refractivity contribution is 7.73. The van der Waals surface area contributed by atoms with Gasteiger partial charge in [-0.3, -0.25) is 15.2 Å². The van der Waals surface area contributed by atoms with E-state index >= 15 is 0 Å². The molecule has 0 bridgehead atoms. The number of nitrogens with zero attached hydrogens (tertiary/aromatic N) is 3. The molecule has 0 spiro atoms. The average molecular weight is 282 g/mol. The Morgan fingerprint density at radius 2 is 2.39 bits per heavy atom. The van der Waals surface area contributed by atoms with Crippen LogP contribution in [0.5, 0.6) is 5.75 Å². The van der Waals surface area contributed by atoms with E-state index in [2.05, 4.69) is 15.2 Å². The number of non-ortho nitro benzene ring substituents is 1. The standard InChI is InChI=1S/C9H6N4O3S2/c14-7-2-1-6(13(15)16)3-5(7)4-10-8-11-12-9(17)18-8/h1-4,14H,(H,12,17)/b10-4+. The summed E-state index contributed by atoms with van der Waals surface area (Å²) in [6, 6.07) is 3.68. The number of benzene rings is 1. The highest BCUT2D eigenvalue weighted by Crippen LogP contribution is 2.22. The van der Waals surface area contributed by atoms with Gasteiger partial charge in [0, 0.05) is 23.9 Å². The molecule has 9 heteroatoms. The first-order valence-electron chi connectivity index (χ1n) is 4.63. The van der Waals surface area contributed by atoms with Gasteiger partial charge in [0.15, 0.2) is 3.95 Å². The highest BCUT2D eigenvalue weighted by atomic mass is 32.1. The number of aromatic amines is 1. The molecule has 7 nitrogen and oxygen atoms in total. The molecule has 0 radical (unpaired) electrons. The zero-order valence-electron chi connectivity index (χ0n) is 8.73. The lowest BCUT2D eigenvalue weighted by atomic mass is 10.2. The molecule has 0 aliphatic heterocycles. The number of nitrogens with one attached hydrogen (secondary N) is 1. The van der Waals surface area contributed by atoms with Crippen molar-refractivity contribution < 1.29 is 10.0 Å². The number of aromatic nitrogens is 2. The summed E-state index contributed by atoms with van der Waals surface area (Å²) in [5.41, 5.74) is 0.120. The number of H-pyrrole nitrogens is 1. The zero-order chi connectivity index (χ0) is 13.1. The van der Waals surface area contributed by atoms with Crippen LogP contribution in [0.3, 0.4) is 0 Å². The third kappa shape index (κ3) is 2.76. The van der Waals surface area contributed by atoms with Crippen molar-refractivity contribution in [1.29, 1.82) is 0 Å². The van der Waals surface area contributed by atoms with Crippen molar-refractivity contribution in [3.8, 4) is 5.75 Å². The Hall–Kier alpha value is -2.13. The van der Waals surface area contributed by atoms with Crippen LogP contribution in [0.4, 0.5) is 10.8 Å². The Labute approximate surface area is 110 Å². The summed E-state index contributed by atoms with van der Waals surface area (Å²) in [7, 11) is 0. The topological polar surface area (TPSA) is 104 Å². The third-order valence-corrected chi connectivity index (χ3v) is 2.96. The van der Waals surface area contributed by atoms with Crippen molar-refractivity contribution in [1.82, 2.24) is 10.2 Å². The summed E-state index contributed by atoms with van der Waals surface area (Å²) in [4.78, 5) is 14.0. The summed E-state index contributed by atoms with van der Waals surface area (Å²) in [5.74, 6) is -0.0940. The lowest BCUT2D eigenvalue weighted by Gasteiger charge is -1.97. The Balaban J connectivity index is 2.33. The van der Waals surface area contributed by atoms with Gasteiger partial charge in [-0.1, -0.05) is 11.3 Å². The molecule has 18 heavy (non-hydrogen) atoms. The van der Waals surface area contributed by atoms with Gasteiger partial charge in [0.1, 0.15) is 5.75 Å². The van der Waals surface area contributed by atoms with Gasteiger partial charge in [0.05, 0.1) is 4.92 Å². The molecule has 1 heterocycles. The monoisotopic (exact) mass is 282 g/mol. The molecule has 1 aromatic heterocycles. The van der Waals surface area contributed by atoms with Gasteiger partial charge in [-0.2, -0.15) is 0 Å². The number of hydrogen-bond donors (Lipinski definition) is 2. The second kappa shape index (κ2) is 5.02. The molecule has 0 amide bonds. The maximum absolute atomic E-state index is 10.6. The van der Waals surface area contributed by atoms with E-state index in [0.717, 1.165) is 11.3 Å². The molecule has 2 rings (SSSR count). The van der Waals surface area contributed by atoms with Crippen LogP contribution in [-0.2, 0) is 0 Å². The van der Waals surface area contributed by atoms with E-state index in [1.54, 1.807) is 0 Å². The lowest BCUT2D eigenvalue weighted by molar-refractivity contribution is -0.384. The molecule has 0 aliphatic carbocycles. The van der Waals surface area contributed by atoms with E-state index in [1.807, 2.05) is 0 Å². The van der Waals surface area contributed by atoms with E-state index in [-0.39, 0.29) is 17.0 Å². The van der Waals surface area contributed by atoms with Crippen LogP contribution >= 0.6 is 23.6 Å². The Kier molecular flexibility index (Phi) is 3.44. The van der Waals surface area contributed by atoms with Gasteiger partial charge in [-0.15, -0.1) is 5.10 Å². The Morgan fingerprint density at radius 1 is 1.61 bits per heavy atom. The van der Waals surface area contributed by atoms with Crippen molar-refractivity contribution in [3.05, 3.63) is 37.8 Å². The minimum atomic E-state index is -0.546. The summed E-state index contributed by atoms with van der Waals surface area (Å²) < 4.78 is 0.477. The van der Waals surface area contributed by atoms with E-state index in [1.165, 1.54) is 24.4 Å². The van der Waals surface area contributed by atoms with Crippen LogP contribution in [0.2, 0.25) is 0 Å². The normalized spacial score (nSPS) is 10.9. The number of aromatic hydroxyl groups is 1. The molecule has 92 valence electrons. The van der Waals surface area contributed by atoms with E-state index in [0.29, 0.717) is 9.09 Å². The predicted octanol–water partition coefficient (Wildman–Crippen LogP) is 2.57. The molecule has 0 saturated heterocycles. The Morgan fingerprint density at radius 3 is 3.00 bits per heavy atom. The van der Waals surface area contributed by atoms with Crippen molar-refractivity contribution >= 4 is 40.6 Å². The molecule has 0 unspecified atom stereocenters. The van der Waals surface area contributed by atoms with Crippen molar-refractivity contribution in [2.45, 2.75) is 0 Å². The molecule has 2 aromatic rings. The van der Waals surface area contributed by atoms with Crippen LogP contribution in [0.25, 0.3) is 0 Å². The molecular formula is C9H6N4O3S2. The lowest BCUT2D eigenvalue weighted by Crippen LogP contribution is -1.90. The fourth-order valence-corrected chi connectivity index (χ4v) is 1.88. The van der Waals surface area contributed by atoms with Crippen LogP contribution in [0, 0.1) is 14.1 Å². The Bertz CT molecular complexity index is 676. The maximum atomic E-state index is 10.6. The third-order valence-electron chi connectivity index (χ3n) is 1.96. The predicted molar refractivity (Wildman–Crippen MR) is 69.3 cm³/mol. The fourth-order valence-electron chi connectivity index (χ4n) is 1.16. The first kappa shape index (κ1) is 12.3. The second-order valence-electron chi connectivity index (χ2n) is 3.15. The van der Waals surface area contributed by atoms with Gasteiger partial charge in [-0.25, -0.2) is 4.99 Å². The molecule has 0 fully saturated rings. The second-order valence-corrected chi connectivity index (χ2v) is 4.80. The van der Waals surface area contributed by atoms with Crippen LogP contribution in [0.1, 0.15) is 5.56 Å². The summed E-state index contributed by atoms with van der Waals surface area (Å²) in [6.07, 6.45) is 1.30. The number of nitro groups is 1. The molecular weight excluding hydrogens is 276 g/mol. The SMILES string of the molecule is O=[N+]([O-])c1ccc(O)c(/C=N/c2n[nH]c(=S)s2)c1. The molecule has 0 atom stereocenters. The quantitative estimate of drug-likeness (QED) is 0.389. The summed E-state index contributed by atoms with van der Waals surface area (Å²) in [6.45, 7) is 0. The fraction of sp³-hybridized carbons (Fsp3) is 0. The van der Waals surface area contributed by atoms with E-state index in [4.69, 9.17) is 12.2 Å². The number of phenolic OH excluding ortho intramolecular Hbond substituents is 1. The minimum Gasteiger partial charge on any atom is -0.507 e. The van der Waals surface area contributed by atoms with Gasteiger partial charge in [0.2, 0.25) is 5.13 Å². The number of hydrogen-bond acceptors (Lipinski definition) is 7. The average Bonchev–Trinajstić information content (AvgIpc) is 2.74. The van der Waals surface area contributed by atoms with Gasteiger partial charge in [0.25, 0.3) is 5.69 Å². The van der Waals surface area contributed by atoms with Crippen LogP contribution in [0.15, 0.2) is 23.2 Å². The largest absolute Gasteiger partial charge is 0.507 e. The summed E-state index contributed by atoms with van der Waals surface area (Å²) in [5, 5.41) is 26.9.